The lowest BCUT2D eigenvalue weighted by atomic mass is 9.88. The van der Waals surface area contributed by atoms with Crippen molar-refractivity contribution in [2.24, 2.45) is 11.8 Å². The number of carbonyl (C=O) groups is 3. The molecule has 1 aromatic heterocycles. The number of hydrogen-bond acceptors (Lipinski definition) is 4. The van der Waals surface area contributed by atoms with Crippen LogP contribution in [0, 0.1) is 18.8 Å². The number of aryl methyl sites for hydroxylation is 1. The lowest BCUT2D eigenvalue weighted by Gasteiger charge is -2.35. The van der Waals surface area contributed by atoms with E-state index < -0.39 is 6.04 Å². The summed E-state index contributed by atoms with van der Waals surface area (Å²) in [6.45, 7) is 7.69. The van der Waals surface area contributed by atoms with Crippen LogP contribution in [0.5, 0.6) is 0 Å². The lowest BCUT2D eigenvalue weighted by molar-refractivity contribution is -0.124. The number of amides is 4. The van der Waals surface area contributed by atoms with Gasteiger partial charge in [-0.15, -0.1) is 11.3 Å². The number of thiophene rings is 1. The van der Waals surface area contributed by atoms with E-state index in [9.17, 15) is 14.4 Å². The van der Waals surface area contributed by atoms with E-state index in [0.717, 1.165) is 11.3 Å². The van der Waals surface area contributed by atoms with Gasteiger partial charge in [0.15, 0.2) is 0 Å². The third-order valence-electron chi connectivity index (χ3n) is 5.60. The minimum Gasteiger partial charge on any atom is -0.354 e. The van der Waals surface area contributed by atoms with Crippen molar-refractivity contribution in [1.82, 2.24) is 15.5 Å². The molecule has 1 aliphatic rings. The molecule has 2 heterocycles. The maximum absolute atomic E-state index is 12.9. The van der Waals surface area contributed by atoms with E-state index in [1.165, 1.54) is 11.3 Å². The van der Waals surface area contributed by atoms with Gasteiger partial charge in [-0.25, -0.2) is 4.79 Å². The fraction of sp³-hybridized carbons (Fsp3) is 0.458. The summed E-state index contributed by atoms with van der Waals surface area (Å²) in [5.74, 6) is -0.107. The van der Waals surface area contributed by atoms with Crippen molar-refractivity contribution in [1.29, 1.82) is 0 Å². The largest absolute Gasteiger partial charge is 0.354 e. The van der Waals surface area contributed by atoms with Gasteiger partial charge in [-0.1, -0.05) is 37.6 Å². The predicted molar refractivity (Wildman–Crippen MR) is 128 cm³/mol. The van der Waals surface area contributed by atoms with Crippen LogP contribution in [0.2, 0.25) is 0 Å². The molecular formula is C24H32N4O3S. The molecule has 8 heteroatoms. The fourth-order valence-electron chi connectivity index (χ4n) is 3.71. The van der Waals surface area contributed by atoms with Crippen LogP contribution in [-0.2, 0) is 4.79 Å². The number of hydrogen-bond donors (Lipinski definition) is 3. The summed E-state index contributed by atoms with van der Waals surface area (Å²) in [7, 11) is 0. The Hall–Kier alpha value is -2.87. The highest BCUT2D eigenvalue weighted by Gasteiger charge is 2.34. The van der Waals surface area contributed by atoms with Gasteiger partial charge in [-0.3, -0.25) is 9.59 Å². The standard InChI is InChI=1S/C24H32N4O3S/c1-16(2)15-25-23(30)21(27-22(29)20-5-4-14-32-20)18-10-12-28(13-11-18)24(31)26-19-8-6-17(3)7-9-19/h4-9,14,16,18,21H,10-13,15H2,1-3H3,(H,25,30)(H,26,31)(H,27,29)/t21-/m1/s1. The van der Waals surface area contributed by atoms with Crippen LogP contribution in [0.25, 0.3) is 0 Å². The van der Waals surface area contributed by atoms with Crippen molar-refractivity contribution in [3.8, 4) is 0 Å². The highest BCUT2D eigenvalue weighted by molar-refractivity contribution is 7.12. The number of urea groups is 1. The second-order valence-electron chi connectivity index (χ2n) is 8.69. The molecule has 0 radical (unpaired) electrons. The Labute approximate surface area is 193 Å². The van der Waals surface area contributed by atoms with E-state index in [1.807, 2.05) is 56.5 Å². The zero-order chi connectivity index (χ0) is 23.1. The topological polar surface area (TPSA) is 90.5 Å². The second-order valence-corrected chi connectivity index (χ2v) is 9.64. The molecule has 3 rings (SSSR count). The van der Waals surface area contributed by atoms with Crippen molar-refractivity contribution < 1.29 is 14.4 Å². The van der Waals surface area contributed by atoms with Crippen molar-refractivity contribution in [3.05, 3.63) is 52.2 Å². The van der Waals surface area contributed by atoms with Crippen molar-refractivity contribution in [2.45, 2.75) is 39.7 Å². The zero-order valence-electron chi connectivity index (χ0n) is 18.9. The van der Waals surface area contributed by atoms with Crippen LogP contribution in [-0.4, -0.2) is 48.4 Å². The number of rotatable bonds is 7. The Kier molecular flexibility index (Phi) is 8.27. The van der Waals surface area contributed by atoms with Crippen molar-refractivity contribution in [2.75, 3.05) is 25.0 Å². The average Bonchev–Trinajstić information content (AvgIpc) is 3.32. The van der Waals surface area contributed by atoms with Gasteiger partial charge in [0.2, 0.25) is 5.91 Å². The summed E-state index contributed by atoms with van der Waals surface area (Å²) >= 11 is 1.35. The Morgan fingerprint density at radius 3 is 2.38 bits per heavy atom. The van der Waals surface area contributed by atoms with Gasteiger partial charge in [0, 0.05) is 25.3 Å². The molecule has 1 saturated heterocycles. The second kappa shape index (κ2) is 11.1. The van der Waals surface area contributed by atoms with E-state index in [1.54, 1.807) is 11.0 Å². The Morgan fingerprint density at radius 2 is 1.78 bits per heavy atom. The van der Waals surface area contributed by atoms with Gasteiger partial charge in [-0.2, -0.15) is 0 Å². The van der Waals surface area contributed by atoms with Gasteiger partial charge in [0.05, 0.1) is 4.88 Å². The summed E-state index contributed by atoms with van der Waals surface area (Å²) in [6, 6.07) is 10.5. The maximum Gasteiger partial charge on any atom is 0.321 e. The molecule has 0 unspecified atom stereocenters. The lowest BCUT2D eigenvalue weighted by Crippen LogP contribution is -2.54. The molecular weight excluding hydrogens is 424 g/mol. The van der Waals surface area contributed by atoms with Crippen LogP contribution in [0.1, 0.15) is 41.9 Å². The van der Waals surface area contributed by atoms with Gasteiger partial charge < -0.3 is 20.9 Å². The van der Waals surface area contributed by atoms with E-state index in [4.69, 9.17) is 0 Å². The third kappa shape index (κ3) is 6.56. The van der Waals surface area contributed by atoms with Gasteiger partial charge in [0.25, 0.3) is 5.91 Å². The highest BCUT2D eigenvalue weighted by atomic mass is 32.1. The molecule has 2 aromatic rings. The monoisotopic (exact) mass is 456 g/mol. The predicted octanol–water partition coefficient (Wildman–Crippen LogP) is 3.87. The molecule has 1 atom stereocenters. The first-order valence-corrected chi connectivity index (χ1v) is 12.0. The molecule has 1 aliphatic heterocycles. The minimum absolute atomic E-state index is 0.0329. The first-order chi connectivity index (χ1) is 15.3. The quantitative estimate of drug-likeness (QED) is 0.591. The first-order valence-electron chi connectivity index (χ1n) is 11.1. The number of anilines is 1. The van der Waals surface area contributed by atoms with E-state index >= 15 is 0 Å². The SMILES string of the molecule is Cc1ccc(NC(=O)N2CCC([C@@H](NC(=O)c3cccs3)C(=O)NCC(C)C)CC2)cc1. The summed E-state index contributed by atoms with van der Waals surface area (Å²) in [6.07, 6.45) is 1.29. The number of carbonyl (C=O) groups excluding carboxylic acids is 3. The van der Waals surface area contributed by atoms with Gasteiger partial charge >= 0.3 is 6.03 Å². The van der Waals surface area contributed by atoms with Gasteiger partial charge in [0.1, 0.15) is 6.04 Å². The average molecular weight is 457 g/mol. The Balaban J connectivity index is 1.60. The minimum atomic E-state index is -0.620. The number of benzene rings is 1. The van der Waals surface area contributed by atoms with Crippen LogP contribution in [0.3, 0.4) is 0 Å². The van der Waals surface area contributed by atoms with Crippen LogP contribution >= 0.6 is 11.3 Å². The van der Waals surface area contributed by atoms with Crippen molar-refractivity contribution >= 4 is 34.9 Å². The summed E-state index contributed by atoms with van der Waals surface area (Å²) < 4.78 is 0. The fourth-order valence-corrected chi connectivity index (χ4v) is 4.33. The maximum atomic E-state index is 12.9. The summed E-state index contributed by atoms with van der Waals surface area (Å²) in [4.78, 5) is 40.6. The van der Waals surface area contributed by atoms with Crippen LogP contribution < -0.4 is 16.0 Å². The summed E-state index contributed by atoms with van der Waals surface area (Å²) in [5, 5.41) is 10.7. The third-order valence-corrected chi connectivity index (χ3v) is 6.47. The Bertz CT molecular complexity index is 904. The molecule has 7 nitrogen and oxygen atoms in total. The molecule has 1 aromatic carbocycles. The molecule has 172 valence electrons. The normalized spacial score (nSPS) is 15.3. The molecule has 1 fully saturated rings. The van der Waals surface area contributed by atoms with E-state index in [0.29, 0.717) is 43.3 Å². The number of nitrogens with one attached hydrogen (secondary N) is 3. The number of nitrogens with zero attached hydrogens (tertiary/aromatic N) is 1. The highest BCUT2D eigenvalue weighted by Crippen LogP contribution is 2.23. The van der Waals surface area contributed by atoms with E-state index in [2.05, 4.69) is 16.0 Å². The summed E-state index contributed by atoms with van der Waals surface area (Å²) in [5.41, 5.74) is 1.90. The molecule has 0 aliphatic carbocycles. The Morgan fingerprint density at radius 1 is 1.09 bits per heavy atom. The van der Waals surface area contributed by atoms with Crippen LogP contribution in [0.15, 0.2) is 41.8 Å². The van der Waals surface area contributed by atoms with Crippen LogP contribution in [0.4, 0.5) is 10.5 Å². The smallest absolute Gasteiger partial charge is 0.321 e. The number of likely N-dealkylation sites (tertiary alicyclic amines) is 1. The zero-order valence-corrected chi connectivity index (χ0v) is 19.7. The molecule has 32 heavy (non-hydrogen) atoms. The molecule has 0 spiro atoms. The molecule has 3 N–H and O–H groups in total. The number of piperidine rings is 1. The van der Waals surface area contributed by atoms with E-state index in [-0.39, 0.29) is 23.8 Å². The molecule has 0 bridgehead atoms. The molecule has 4 amide bonds. The van der Waals surface area contributed by atoms with Crippen molar-refractivity contribution in [3.63, 3.8) is 0 Å². The first kappa shape index (κ1) is 23.8. The molecule has 0 saturated carbocycles. The van der Waals surface area contributed by atoms with Gasteiger partial charge in [-0.05, 0) is 55.2 Å².